The Balaban J connectivity index is 2.05. The van der Waals surface area contributed by atoms with Gasteiger partial charge in [0.2, 0.25) is 0 Å². The zero-order chi connectivity index (χ0) is 15.1. The molecule has 1 aromatic heterocycles. The molecule has 0 bridgehead atoms. The molecule has 0 amide bonds. The summed E-state index contributed by atoms with van der Waals surface area (Å²) < 4.78 is 0. The molecule has 0 saturated heterocycles. The van der Waals surface area contributed by atoms with Crippen LogP contribution in [0.15, 0.2) is 29.6 Å². The van der Waals surface area contributed by atoms with Crippen LogP contribution in [0.2, 0.25) is 0 Å². The SMILES string of the molecule is CCCCN(C)Cc1cccc(-c2nc(CCN)cs2)c1. The van der Waals surface area contributed by atoms with Crippen molar-refractivity contribution >= 4 is 11.3 Å². The van der Waals surface area contributed by atoms with E-state index in [1.165, 1.54) is 24.0 Å². The number of rotatable bonds is 8. The number of nitrogens with two attached hydrogens (primary N) is 1. The number of benzene rings is 1. The van der Waals surface area contributed by atoms with Gasteiger partial charge in [0.1, 0.15) is 5.01 Å². The van der Waals surface area contributed by atoms with E-state index in [-0.39, 0.29) is 0 Å². The van der Waals surface area contributed by atoms with Crippen molar-refractivity contribution in [1.82, 2.24) is 9.88 Å². The number of thiazole rings is 1. The average molecular weight is 303 g/mol. The summed E-state index contributed by atoms with van der Waals surface area (Å²) in [5, 5.41) is 3.21. The predicted molar refractivity (Wildman–Crippen MR) is 91.6 cm³/mol. The number of aromatic nitrogens is 1. The van der Waals surface area contributed by atoms with Crippen LogP contribution in [-0.4, -0.2) is 30.0 Å². The van der Waals surface area contributed by atoms with Gasteiger partial charge in [-0.1, -0.05) is 31.5 Å². The topological polar surface area (TPSA) is 42.2 Å². The van der Waals surface area contributed by atoms with Crippen molar-refractivity contribution in [2.24, 2.45) is 5.73 Å². The maximum Gasteiger partial charge on any atom is 0.123 e. The summed E-state index contributed by atoms with van der Waals surface area (Å²) in [6, 6.07) is 8.72. The van der Waals surface area contributed by atoms with E-state index in [0.29, 0.717) is 6.54 Å². The highest BCUT2D eigenvalue weighted by Crippen LogP contribution is 2.25. The summed E-state index contributed by atoms with van der Waals surface area (Å²) in [7, 11) is 2.19. The van der Waals surface area contributed by atoms with Crippen molar-refractivity contribution in [1.29, 1.82) is 0 Å². The molecule has 0 saturated carbocycles. The van der Waals surface area contributed by atoms with E-state index < -0.39 is 0 Å². The maximum absolute atomic E-state index is 5.59. The van der Waals surface area contributed by atoms with Gasteiger partial charge in [-0.05, 0) is 38.2 Å². The molecular formula is C17H25N3S. The van der Waals surface area contributed by atoms with Crippen LogP contribution >= 0.6 is 11.3 Å². The second kappa shape index (κ2) is 8.27. The van der Waals surface area contributed by atoms with Crippen LogP contribution in [-0.2, 0) is 13.0 Å². The predicted octanol–water partition coefficient (Wildman–Crippen LogP) is 3.54. The molecule has 3 nitrogen and oxygen atoms in total. The highest BCUT2D eigenvalue weighted by atomic mass is 32.1. The van der Waals surface area contributed by atoms with E-state index in [9.17, 15) is 0 Å². The van der Waals surface area contributed by atoms with Crippen LogP contribution in [0.4, 0.5) is 0 Å². The molecule has 114 valence electrons. The largest absolute Gasteiger partial charge is 0.330 e. The second-order valence-electron chi connectivity index (χ2n) is 5.47. The Labute approximate surface area is 131 Å². The third kappa shape index (κ3) is 4.92. The second-order valence-corrected chi connectivity index (χ2v) is 6.33. The molecule has 2 rings (SSSR count). The first-order chi connectivity index (χ1) is 10.2. The van der Waals surface area contributed by atoms with Crippen molar-refractivity contribution < 1.29 is 0 Å². The first-order valence-electron chi connectivity index (χ1n) is 7.65. The monoisotopic (exact) mass is 303 g/mol. The lowest BCUT2D eigenvalue weighted by molar-refractivity contribution is 0.321. The van der Waals surface area contributed by atoms with Crippen LogP contribution in [0.1, 0.15) is 31.0 Å². The van der Waals surface area contributed by atoms with Crippen molar-refractivity contribution in [2.75, 3.05) is 20.1 Å². The van der Waals surface area contributed by atoms with Crippen LogP contribution < -0.4 is 5.73 Å². The summed E-state index contributed by atoms with van der Waals surface area (Å²) in [6.07, 6.45) is 3.36. The Morgan fingerprint density at radius 3 is 2.95 bits per heavy atom. The Kier molecular flexibility index (Phi) is 6.36. The quantitative estimate of drug-likeness (QED) is 0.811. The lowest BCUT2D eigenvalue weighted by atomic mass is 10.1. The third-order valence-corrected chi connectivity index (χ3v) is 4.41. The van der Waals surface area contributed by atoms with Gasteiger partial charge >= 0.3 is 0 Å². The molecule has 1 heterocycles. The molecule has 0 radical (unpaired) electrons. The molecular weight excluding hydrogens is 278 g/mol. The van der Waals surface area contributed by atoms with Crippen LogP contribution in [0.25, 0.3) is 10.6 Å². The zero-order valence-electron chi connectivity index (χ0n) is 13.0. The Hall–Kier alpha value is -1.23. The van der Waals surface area contributed by atoms with E-state index in [4.69, 9.17) is 5.73 Å². The normalized spacial score (nSPS) is 11.2. The highest BCUT2D eigenvalue weighted by molar-refractivity contribution is 7.13. The van der Waals surface area contributed by atoms with Gasteiger partial charge in [-0.15, -0.1) is 11.3 Å². The van der Waals surface area contributed by atoms with Gasteiger partial charge in [0.25, 0.3) is 0 Å². The van der Waals surface area contributed by atoms with Crippen LogP contribution in [0.5, 0.6) is 0 Å². The van der Waals surface area contributed by atoms with Gasteiger partial charge < -0.3 is 10.6 Å². The van der Waals surface area contributed by atoms with Gasteiger partial charge in [0, 0.05) is 23.9 Å². The Bertz CT molecular complexity index is 550. The fraction of sp³-hybridized carbons (Fsp3) is 0.471. The zero-order valence-corrected chi connectivity index (χ0v) is 13.8. The average Bonchev–Trinajstić information content (AvgIpc) is 2.94. The summed E-state index contributed by atoms with van der Waals surface area (Å²) in [6.45, 7) is 5.04. The van der Waals surface area contributed by atoms with Crippen LogP contribution in [0, 0.1) is 0 Å². The highest BCUT2D eigenvalue weighted by Gasteiger charge is 2.06. The Morgan fingerprint density at radius 2 is 2.19 bits per heavy atom. The van der Waals surface area contributed by atoms with Gasteiger partial charge in [-0.25, -0.2) is 4.98 Å². The van der Waals surface area contributed by atoms with Crippen molar-refractivity contribution in [3.05, 3.63) is 40.9 Å². The summed E-state index contributed by atoms with van der Waals surface area (Å²) in [4.78, 5) is 7.04. The molecule has 0 aliphatic carbocycles. The third-order valence-electron chi connectivity index (χ3n) is 3.47. The molecule has 2 N–H and O–H groups in total. The molecule has 0 spiro atoms. The summed E-state index contributed by atoms with van der Waals surface area (Å²) in [5.41, 5.74) is 9.25. The van der Waals surface area contributed by atoms with Gasteiger partial charge in [0.05, 0.1) is 5.69 Å². The standard InChI is InChI=1S/C17H25N3S/c1-3-4-10-20(2)12-14-6-5-7-15(11-14)17-19-16(8-9-18)13-21-17/h5-7,11,13H,3-4,8-10,12,18H2,1-2H3. The summed E-state index contributed by atoms with van der Waals surface area (Å²) in [5.74, 6) is 0. The van der Waals surface area contributed by atoms with E-state index in [1.54, 1.807) is 11.3 Å². The fourth-order valence-electron chi connectivity index (χ4n) is 2.32. The lowest BCUT2D eigenvalue weighted by Crippen LogP contribution is -2.18. The minimum Gasteiger partial charge on any atom is -0.330 e. The molecule has 0 unspecified atom stereocenters. The van der Waals surface area contributed by atoms with E-state index in [1.807, 2.05) is 0 Å². The van der Waals surface area contributed by atoms with Gasteiger partial charge in [-0.2, -0.15) is 0 Å². The molecule has 0 atom stereocenters. The lowest BCUT2D eigenvalue weighted by Gasteiger charge is -2.16. The van der Waals surface area contributed by atoms with Crippen molar-refractivity contribution in [3.63, 3.8) is 0 Å². The molecule has 0 aliphatic heterocycles. The molecule has 4 heteroatoms. The van der Waals surface area contributed by atoms with E-state index >= 15 is 0 Å². The fourth-order valence-corrected chi connectivity index (χ4v) is 3.17. The van der Waals surface area contributed by atoms with Crippen molar-refractivity contribution in [2.45, 2.75) is 32.7 Å². The van der Waals surface area contributed by atoms with E-state index in [0.717, 1.165) is 30.2 Å². The molecule has 0 aliphatic rings. The smallest absolute Gasteiger partial charge is 0.123 e. The molecule has 21 heavy (non-hydrogen) atoms. The first-order valence-corrected chi connectivity index (χ1v) is 8.53. The van der Waals surface area contributed by atoms with Crippen molar-refractivity contribution in [3.8, 4) is 10.6 Å². The molecule has 1 aromatic carbocycles. The minimum atomic E-state index is 0.658. The number of hydrogen-bond acceptors (Lipinski definition) is 4. The maximum atomic E-state index is 5.59. The van der Waals surface area contributed by atoms with Crippen LogP contribution in [0.3, 0.4) is 0 Å². The Morgan fingerprint density at radius 1 is 1.33 bits per heavy atom. The molecule has 2 aromatic rings. The number of nitrogens with zero attached hydrogens (tertiary/aromatic N) is 2. The van der Waals surface area contributed by atoms with Gasteiger partial charge in [-0.3, -0.25) is 0 Å². The first kappa shape index (κ1) is 16.1. The summed E-state index contributed by atoms with van der Waals surface area (Å²) >= 11 is 1.70. The van der Waals surface area contributed by atoms with E-state index in [2.05, 4.69) is 53.5 Å². The number of unbranched alkanes of at least 4 members (excludes halogenated alkanes) is 1. The number of hydrogen-bond donors (Lipinski definition) is 1. The molecule has 0 fully saturated rings. The minimum absolute atomic E-state index is 0.658. The van der Waals surface area contributed by atoms with Gasteiger partial charge in [0.15, 0.2) is 0 Å².